The standard InChI is InChI=1S/C14H20N4/c1-3-9-18(10-4-2)14-8-7-13(16-17-14)11-15-12-5-6-12/h1,7-8,12,15H,4-6,9-11H2,2H3. The number of anilines is 1. The fourth-order valence-corrected chi connectivity index (χ4v) is 1.81. The molecule has 0 atom stereocenters. The van der Waals surface area contributed by atoms with Crippen molar-refractivity contribution in [1.29, 1.82) is 0 Å². The van der Waals surface area contributed by atoms with E-state index in [0.29, 0.717) is 12.6 Å². The number of hydrogen-bond acceptors (Lipinski definition) is 4. The van der Waals surface area contributed by atoms with E-state index in [2.05, 4.69) is 33.3 Å². The lowest BCUT2D eigenvalue weighted by Crippen LogP contribution is -2.26. The van der Waals surface area contributed by atoms with E-state index in [0.717, 1.165) is 31.0 Å². The van der Waals surface area contributed by atoms with Gasteiger partial charge in [0, 0.05) is 19.1 Å². The smallest absolute Gasteiger partial charge is 0.152 e. The molecule has 96 valence electrons. The van der Waals surface area contributed by atoms with E-state index in [9.17, 15) is 0 Å². The maximum absolute atomic E-state index is 5.37. The highest BCUT2D eigenvalue weighted by Crippen LogP contribution is 2.19. The molecule has 0 bridgehead atoms. The van der Waals surface area contributed by atoms with E-state index in [-0.39, 0.29) is 0 Å². The van der Waals surface area contributed by atoms with Crippen molar-refractivity contribution < 1.29 is 0 Å². The van der Waals surface area contributed by atoms with Gasteiger partial charge in [-0.15, -0.1) is 11.5 Å². The lowest BCUT2D eigenvalue weighted by Gasteiger charge is -2.19. The Kier molecular flexibility index (Phi) is 4.54. The first kappa shape index (κ1) is 12.8. The van der Waals surface area contributed by atoms with Crippen molar-refractivity contribution in [3.05, 3.63) is 17.8 Å². The second-order valence-corrected chi connectivity index (χ2v) is 4.66. The van der Waals surface area contributed by atoms with Gasteiger partial charge in [0.15, 0.2) is 5.82 Å². The zero-order valence-electron chi connectivity index (χ0n) is 10.9. The lowest BCUT2D eigenvalue weighted by molar-refractivity contribution is 0.663. The summed E-state index contributed by atoms with van der Waals surface area (Å²) in [5.74, 6) is 3.53. The number of nitrogens with zero attached hydrogens (tertiary/aromatic N) is 3. The summed E-state index contributed by atoms with van der Waals surface area (Å²) in [6.45, 7) is 4.44. The van der Waals surface area contributed by atoms with Gasteiger partial charge in [-0.1, -0.05) is 12.8 Å². The van der Waals surface area contributed by atoms with E-state index in [1.54, 1.807) is 0 Å². The highest BCUT2D eigenvalue weighted by atomic mass is 15.3. The average Bonchev–Trinajstić information content (AvgIpc) is 3.21. The largest absolute Gasteiger partial charge is 0.344 e. The molecule has 1 saturated carbocycles. The van der Waals surface area contributed by atoms with Gasteiger partial charge < -0.3 is 10.2 Å². The normalized spacial score (nSPS) is 14.2. The van der Waals surface area contributed by atoms with Crippen LogP contribution >= 0.6 is 0 Å². The van der Waals surface area contributed by atoms with Crippen molar-refractivity contribution in [2.75, 3.05) is 18.0 Å². The molecule has 1 aliphatic carbocycles. The van der Waals surface area contributed by atoms with Gasteiger partial charge in [-0.3, -0.25) is 0 Å². The van der Waals surface area contributed by atoms with Gasteiger partial charge in [-0.05, 0) is 31.4 Å². The molecule has 1 N–H and O–H groups in total. The maximum atomic E-state index is 5.37. The summed E-state index contributed by atoms with van der Waals surface area (Å²) in [5.41, 5.74) is 0.989. The minimum Gasteiger partial charge on any atom is -0.344 e. The number of nitrogens with one attached hydrogen (secondary N) is 1. The third kappa shape index (κ3) is 3.71. The van der Waals surface area contributed by atoms with Crippen LogP contribution in [0.5, 0.6) is 0 Å². The topological polar surface area (TPSA) is 41.0 Å². The average molecular weight is 244 g/mol. The Morgan fingerprint density at radius 3 is 2.83 bits per heavy atom. The van der Waals surface area contributed by atoms with Gasteiger partial charge in [-0.25, -0.2) is 0 Å². The minimum atomic E-state index is 0.586. The van der Waals surface area contributed by atoms with Crippen molar-refractivity contribution in [3.8, 4) is 12.3 Å². The van der Waals surface area contributed by atoms with Crippen LogP contribution in [0.25, 0.3) is 0 Å². The quantitative estimate of drug-likeness (QED) is 0.739. The van der Waals surface area contributed by atoms with Crippen LogP contribution in [-0.2, 0) is 6.54 Å². The summed E-state index contributed by atoms with van der Waals surface area (Å²) < 4.78 is 0. The Morgan fingerprint density at radius 2 is 2.28 bits per heavy atom. The summed E-state index contributed by atoms with van der Waals surface area (Å²) in [5, 5.41) is 11.9. The maximum Gasteiger partial charge on any atom is 0.152 e. The molecule has 0 radical (unpaired) electrons. The molecule has 4 heteroatoms. The molecule has 0 aliphatic heterocycles. The van der Waals surface area contributed by atoms with E-state index >= 15 is 0 Å². The summed E-state index contributed by atoms with van der Waals surface area (Å²) in [6.07, 6.45) is 8.99. The Labute approximate surface area is 109 Å². The Bertz CT molecular complexity index is 403. The second kappa shape index (κ2) is 6.36. The van der Waals surface area contributed by atoms with Crippen LogP contribution in [0, 0.1) is 12.3 Å². The summed E-state index contributed by atoms with van der Waals surface area (Å²) in [7, 11) is 0. The number of terminal acetylenes is 1. The van der Waals surface area contributed by atoms with Crippen LogP contribution in [0.15, 0.2) is 12.1 Å². The molecule has 1 aromatic rings. The van der Waals surface area contributed by atoms with Crippen molar-refractivity contribution >= 4 is 5.82 Å². The van der Waals surface area contributed by atoms with Crippen molar-refractivity contribution in [2.24, 2.45) is 0 Å². The number of hydrogen-bond donors (Lipinski definition) is 1. The van der Waals surface area contributed by atoms with Crippen molar-refractivity contribution in [1.82, 2.24) is 15.5 Å². The fourth-order valence-electron chi connectivity index (χ4n) is 1.81. The van der Waals surface area contributed by atoms with Crippen molar-refractivity contribution in [3.63, 3.8) is 0 Å². The third-order valence-electron chi connectivity index (χ3n) is 2.95. The van der Waals surface area contributed by atoms with Gasteiger partial charge in [0.2, 0.25) is 0 Å². The van der Waals surface area contributed by atoms with Crippen LogP contribution < -0.4 is 10.2 Å². The Balaban J connectivity index is 1.93. The molecule has 18 heavy (non-hydrogen) atoms. The lowest BCUT2D eigenvalue weighted by atomic mass is 10.3. The van der Waals surface area contributed by atoms with E-state index < -0.39 is 0 Å². The molecule has 0 amide bonds. The molecular weight excluding hydrogens is 224 g/mol. The third-order valence-corrected chi connectivity index (χ3v) is 2.95. The SMILES string of the molecule is C#CCN(CCC)c1ccc(CNC2CC2)nn1. The summed E-state index contributed by atoms with van der Waals surface area (Å²) in [4.78, 5) is 2.07. The second-order valence-electron chi connectivity index (χ2n) is 4.66. The fraction of sp³-hybridized carbons (Fsp3) is 0.571. The zero-order chi connectivity index (χ0) is 12.8. The van der Waals surface area contributed by atoms with E-state index in [1.165, 1.54) is 12.8 Å². The molecule has 2 rings (SSSR count). The number of rotatable bonds is 7. The molecule has 0 unspecified atom stereocenters. The molecule has 0 spiro atoms. The molecule has 0 saturated heterocycles. The first-order valence-corrected chi connectivity index (χ1v) is 6.58. The predicted molar refractivity (Wildman–Crippen MR) is 73.2 cm³/mol. The van der Waals surface area contributed by atoms with Gasteiger partial charge >= 0.3 is 0 Å². The first-order chi connectivity index (χ1) is 8.83. The van der Waals surface area contributed by atoms with Crippen LogP contribution in [-0.4, -0.2) is 29.3 Å². The number of aromatic nitrogens is 2. The molecular formula is C14H20N4. The Hall–Kier alpha value is -1.60. The molecule has 1 aliphatic rings. The van der Waals surface area contributed by atoms with Crippen LogP contribution in [0.1, 0.15) is 31.9 Å². The van der Waals surface area contributed by atoms with Crippen LogP contribution in [0.3, 0.4) is 0 Å². The molecule has 1 heterocycles. The van der Waals surface area contributed by atoms with Gasteiger partial charge in [0.25, 0.3) is 0 Å². The summed E-state index contributed by atoms with van der Waals surface area (Å²) >= 11 is 0. The monoisotopic (exact) mass is 244 g/mol. The van der Waals surface area contributed by atoms with E-state index in [4.69, 9.17) is 6.42 Å². The van der Waals surface area contributed by atoms with Gasteiger partial charge in [0.05, 0.1) is 12.2 Å². The van der Waals surface area contributed by atoms with Crippen molar-refractivity contribution in [2.45, 2.75) is 38.8 Å². The predicted octanol–water partition coefficient (Wildman–Crippen LogP) is 1.58. The molecule has 4 nitrogen and oxygen atoms in total. The Morgan fingerprint density at radius 1 is 1.44 bits per heavy atom. The van der Waals surface area contributed by atoms with E-state index in [1.807, 2.05) is 12.1 Å². The molecule has 1 aromatic heterocycles. The minimum absolute atomic E-state index is 0.586. The first-order valence-electron chi connectivity index (χ1n) is 6.58. The molecule has 1 fully saturated rings. The van der Waals surface area contributed by atoms with Crippen LogP contribution in [0.4, 0.5) is 5.82 Å². The molecule has 0 aromatic carbocycles. The highest BCUT2D eigenvalue weighted by Gasteiger charge is 2.20. The highest BCUT2D eigenvalue weighted by molar-refractivity contribution is 5.38. The van der Waals surface area contributed by atoms with Crippen LogP contribution in [0.2, 0.25) is 0 Å². The van der Waals surface area contributed by atoms with Gasteiger partial charge in [0.1, 0.15) is 0 Å². The zero-order valence-corrected chi connectivity index (χ0v) is 10.9. The summed E-state index contributed by atoms with van der Waals surface area (Å²) in [6, 6.07) is 4.73. The van der Waals surface area contributed by atoms with Gasteiger partial charge in [-0.2, -0.15) is 5.10 Å².